The molecule has 0 aliphatic rings. The van der Waals surface area contributed by atoms with E-state index >= 15 is 0 Å². The van der Waals surface area contributed by atoms with E-state index in [4.69, 9.17) is 9.47 Å². The van der Waals surface area contributed by atoms with Crippen LogP contribution in [0.5, 0.6) is 0 Å². The van der Waals surface area contributed by atoms with Gasteiger partial charge in [-0.2, -0.15) is 26.3 Å². The fraction of sp³-hybridized carbons (Fsp3) is 0.923. The highest BCUT2D eigenvalue weighted by atomic mass is 19.4. The normalized spacial score (nSPS) is 16.8. The lowest BCUT2D eigenvalue weighted by molar-refractivity contribution is -0.374. The molecule has 0 aromatic carbocycles. The molecule has 5 nitrogen and oxygen atoms in total. The fourth-order valence-corrected chi connectivity index (χ4v) is 3.63. The molecule has 0 saturated carbocycles. The maximum absolute atomic E-state index is 13.3. The van der Waals surface area contributed by atoms with Crippen molar-refractivity contribution < 1.29 is 50.5 Å². The molecular formula is C26H44F6O5. The van der Waals surface area contributed by atoms with Crippen LogP contribution in [0, 0.1) is 22.2 Å². The van der Waals surface area contributed by atoms with Crippen LogP contribution in [0.1, 0.15) is 102 Å². The van der Waals surface area contributed by atoms with Gasteiger partial charge in [0.2, 0.25) is 0 Å². The summed E-state index contributed by atoms with van der Waals surface area (Å²) in [5.74, 6) is -2.10. The van der Waals surface area contributed by atoms with Gasteiger partial charge in [0.1, 0.15) is 11.7 Å². The fourth-order valence-electron chi connectivity index (χ4n) is 3.63. The first-order valence-electron chi connectivity index (χ1n) is 12.4. The van der Waals surface area contributed by atoms with Gasteiger partial charge in [-0.3, -0.25) is 9.59 Å². The topological polar surface area (TPSA) is 72.8 Å². The minimum absolute atomic E-state index is 0.0857. The van der Waals surface area contributed by atoms with Crippen LogP contribution in [0.15, 0.2) is 0 Å². The van der Waals surface area contributed by atoms with Gasteiger partial charge in [0.15, 0.2) is 0 Å². The molecule has 0 amide bonds. The van der Waals surface area contributed by atoms with Gasteiger partial charge in [0.05, 0.1) is 10.8 Å². The van der Waals surface area contributed by atoms with E-state index in [2.05, 4.69) is 0 Å². The first-order valence-corrected chi connectivity index (χ1v) is 12.4. The lowest BCUT2D eigenvalue weighted by atomic mass is 9.72. The number of rotatable bonds is 11. The number of carbonyl (C=O) groups excluding carboxylic acids is 2. The van der Waals surface area contributed by atoms with Crippen molar-refractivity contribution in [2.24, 2.45) is 22.2 Å². The van der Waals surface area contributed by atoms with Crippen molar-refractivity contribution in [3.05, 3.63) is 0 Å². The first-order chi connectivity index (χ1) is 16.1. The van der Waals surface area contributed by atoms with E-state index in [9.17, 15) is 41.0 Å². The van der Waals surface area contributed by atoms with Gasteiger partial charge in [0, 0.05) is 11.8 Å². The molecule has 0 rings (SSSR count). The minimum Gasteiger partial charge on any atom is -0.462 e. The monoisotopic (exact) mass is 550 g/mol. The van der Waals surface area contributed by atoms with Crippen molar-refractivity contribution in [3.63, 3.8) is 0 Å². The molecule has 11 heteroatoms. The molecule has 0 spiro atoms. The maximum Gasteiger partial charge on any atom is 0.426 e. The molecule has 220 valence electrons. The molecule has 0 aliphatic heterocycles. The third-order valence-corrected chi connectivity index (χ3v) is 7.28. The van der Waals surface area contributed by atoms with Crippen LogP contribution in [0.2, 0.25) is 0 Å². The Hall–Kier alpha value is -1.52. The van der Waals surface area contributed by atoms with E-state index in [1.807, 2.05) is 20.8 Å². The second kappa shape index (κ2) is 11.3. The van der Waals surface area contributed by atoms with Crippen molar-refractivity contribution in [2.75, 3.05) is 0 Å². The summed E-state index contributed by atoms with van der Waals surface area (Å²) < 4.78 is 90.8. The number of carbonyl (C=O) groups is 2. The van der Waals surface area contributed by atoms with Crippen LogP contribution in [0.4, 0.5) is 26.3 Å². The molecule has 0 radical (unpaired) electrons. The van der Waals surface area contributed by atoms with E-state index in [1.165, 1.54) is 20.8 Å². The molecule has 37 heavy (non-hydrogen) atoms. The summed E-state index contributed by atoms with van der Waals surface area (Å²) in [6, 6.07) is 0. The van der Waals surface area contributed by atoms with E-state index in [1.54, 1.807) is 34.6 Å². The van der Waals surface area contributed by atoms with Crippen molar-refractivity contribution in [1.82, 2.24) is 0 Å². The molecule has 0 aliphatic carbocycles. The highest BCUT2D eigenvalue weighted by Gasteiger charge is 2.71. The third-order valence-electron chi connectivity index (χ3n) is 7.28. The molecule has 0 saturated heterocycles. The summed E-state index contributed by atoms with van der Waals surface area (Å²) in [6.45, 7) is 18.4. The van der Waals surface area contributed by atoms with Crippen LogP contribution in [0.3, 0.4) is 0 Å². The average Bonchev–Trinajstić information content (AvgIpc) is 2.63. The van der Waals surface area contributed by atoms with Crippen LogP contribution in [-0.4, -0.2) is 46.7 Å². The number of hydrogen-bond donors (Lipinski definition) is 1. The minimum atomic E-state index is -6.04. The van der Waals surface area contributed by atoms with Gasteiger partial charge in [-0.05, 0) is 59.8 Å². The van der Waals surface area contributed by atoms with Crippen LogP contribution in [0.25, 0.3) is 0 Å². The first kappa shape index (κ1) is 35.5. The van der Waals surface area contributed by atoms with Gasteiger partial charge in [0.25, 0.3) is 5.60 Å². The third kappa shape index (κ3) is 8.75. The Balaban J connectivity index is 6.05. The molecule has 1 N–H and O–H groups in total. The summed E-state index contributed by atoms with van der Waals surface area (Å²) >= 11 is 0. The number of aliphatic hydroxyl groups is 1. The summed E-state index contributed by atoms with van der Waals surface area (Å²) in [4.78, 5) is 26.3. The van der Waals surface area contributed by atoms with Crippen LogP contribution in [-0.2, 0) is 19.1 Å². The lowest BCUT2D eigenvalue weighted by Gasteiger charge is -2.42. The summed E-state index contributed by atoms with van der Waals surface area (Å²) in [5.41, 5.74) is -9.00. The predicted molar refractivity (Wildman–Crippen MR) is 127 cm³/mol. The molecule has 0 bridgehead atoms. The van der Waals surface area contributed by atoms with Crippen molar-refractivity contribution in [3.8, 4) is 0 Å². The predicted octanol–water partition coefficient (Wildman–Crippen LogP) is 7.39. The Bertz CT molecular complexity index is 779. The standard InChI is InChI=1S/C26H44F6O5/c1-12-23(11,15-21(7,8)18(33)37-22(9,10)20(4,5)6)19(34)36-17(13-16(2)3)14-24(35,25(27,28)29)26(30,31)32/h16-17,35H,12-15H2,1-11H3. The van der Waals surface area contributed by atoms with Crippen molar-refractivity contribution >= 4 is 11.9 Å². The Kier molecular flexibility index (Phi) is 10.8. The van der Waals surface area contributed by atoms with Crippen LogP contribution >= 0.6 is 0 Å². The Labute approximate surface area is 216 Å². The average molecular weight is 551 g/mol. The lowest BCUT2D eigenvalue weighted by Crippen LogP contribution is -2.59. The number of ether oxygens (including phenoxy) is 2. The van der Waals surface area contributed by atoms with Crippen LogP contribution < -0.4 is 0 Å². The highest BCUT2D eigenvalue weighted by Crippen LogP contribution is 2.47. The van der Waals surface area contributed by atoms with Crippen molar-refractivity contribution in [2.45, 2.75) is 132 Å². The molecule has 2 unspecified atom stereocenters. The van der Waals surface area contributed by atoms with Crippen molar-refractivity contribution in [1.29, 1.82) is 0 Å². The Morgan fingerprint density at radius 3 is 1.57 bits per heavy atom. The van der Waals surface area contributed by atoms with Gasteiger partial charge in [-0.25, -0.2) is 0 Å². The maximum atomic E-state index is 13.3. The van der Waals surface area contributed by atoms with E-state index < -0.39 is 70.2 Å². The molecule has 0 fully saturated rings. The molecule has 0 aromatic rings. The highest BCUT2D eigenvalue weighted by molar-refractivity contribution is 5.80. The molecule has 2 atom stereocenters. The van der Waals surface area contributed by atoms with E-state index in [-0.39, 0.29) is 19.3 Å². The quantitative estimate of drug-likeness (QED) is 0.215. The second-order valence-electron chi connectivity index (χ2n) is 12.8. The van der Waals surface area contributed by atoms with Gasteiger partial charge in [-0.1, -0.05) is 41.5 Å². The largest absolute Gasteiger partial charge is 0.462 e. The van der Waals surface area contributed by atoms with Gasteiger partial charge >= 0.3 is 24.3 Å². The van der Waals surface area contributed by atoms with E-state index in [0.717, 1.165) is 0 Å². The zero-order valence-corrected chi connectivity index (χ0v) is 23.8. The Morgan fingerprint density at radius 1 is 0.811 bits per heavy atom. The van der Waals surface area contributed by atoms with Gasteiger partial charge in [-0.15, -0.1) is 0 Å². The zero-order chi connectivity index (χ0) is 30.1. The SMILES string of the molecule is CCC(C)(CC(C)(C)C(=O)OC(C)(C)C(C)(C)C)C(=O)OC(CC(C)C)CC(O)(C(F)(F)F)C(F)(F)F. The number of hydrogen-bond acceptors (Lipinski definition) is 5. The second-order valence-corrected chi connectivity index (χ2v) is 12.8. The Morgan fingerprint density at radius 2 is 1.24 bits per heavy atom. The number of esters is 2. The van der Waals surface area contributed by atoms with Gasteiger partial charge < -0.3 is 14.6 Å². The molecule has 0 aromatic heterocycles. The summed E-state index contributed by atoms with van der Waals surface area (Å²) in [5, 5.41) is 9.67. The van der Waals surface area contributed by atoms with E-state index in [0.29, 0.717) is 0 Å². The zero-order valence-electron chi connectivity index (χ0n) is 23.8. The number of halogens is 6. The summed E-state index contributed by atoms with van der Waals surface area (Å²) in [6.07, 6.45) is -16.2. The molecule has 0 heterocycles. The summed E-state index contributed by atoms with van der Waals surface area (Å²) in [7, 11) is 0. The number of alkyl halides is 6. The smallest absolute Gasteiger partial charge is 0.426 e. The molecular weight excluding hydrogens is 506 g/mol.